The number of rotatable bonds is 5. The molecule has 0 saturated carbocycles. The van der Waals surface area contributed by atoms with Crippen LogP contribution in [0, 0.1) is 0 Å². The van der Waals surface area contributed by atoms with Gasteiger partial charge < -0.3 is 15.8 Å². The van der Waals surface area contributed by atoms with Crippen LogP contribution in [0.15, 0.2) is 35.1 Å². The monoisotopic (exact) mass is 411 g/mol. The van der Waals surface area contributed by atoms with Gasteiger partial charge in [-0.25, -0.2) is 0 Å². The second-order valence-electron chi connectivity index (χ2n) is 7.00. The predicted octanol–water partition coefficient (Wildman–Crippen LogP) is -0.635. The minimum Gasteiger partial charge on any atom is -0.384 e. The lowest BCUT2D eigenvalue weighted by molar-refractivity contribution is 0.0383. The van der Waals surface area contributed by atoms with Crippen LogP contribution in [0.25, 0.3) is 5.69 Å². The van der Waals surface area contributed by atoms with E-state index in [0.717, 1.165) is 23.7 Å². The number of carbonyl (C=O) groups excluding carboxylic acids is 3. The summed E-state index contributed by atoms with van der Waals surface area (Å²) < 4.78 is 6.38. The number of nitrogens with zero attached hydrogens (tertiary/aromatic N) is 2. The van der Waals surface area contributed by atoms with Crippen molar-refractivity contribution < 1.29 is 19.1 Å². The van der Waals surface area contributed by atoms with Gasteiger partial charge in [0, 0.05) is 32.2 Å². The molecule has 0 spiro atoms. The third-order valence-corrected chi connectivity index (χ3v) is 5.16. The van der Waals surface area contributed by atoms with Gasteiger partial charge in [-0.05, 0) is 12.1 Å². The van der Waals surface area contributed by atoms with E-state index in [9.17, 15) is 19.2 Å². The number of aromatic nitrogens is 1. The molecule has 156 valence electrons. The van der Waals surface area contributed by atoms with Crippen molar-refractivity contribution in [2.45, 2.75) is 0 Å². The molecule has 4 N–H and O–H groups in total. The van der Waals surface area contributed by atoms with Gasteiger partial charge in [0.15, 0.2) is 0 Å². The van der Waals surface area contributed by atoms with E-state index in [0.29, 0.717) is 26.3 Å². The number of anilines is 1. The largest absolute Gasteiger partial charge is 0.384 e. The first kappa shape index (κ1) is 19.8. The Labute approximate surface area is 171 Å². The highest BCUT2D eigenvalue weighted by Gasteiger charge is 2.32. The van der Waals surface area contributed by atoms with Crippen LogP contribution in [0.3, 0.4) is 0 Å². The summed E-state index contributed by atoms with van der Waals surface area (Å²) in [4.78, 5) is 51.6. The number of para-hydroxylation sites is 1. The van der Waals surface area contributed by atoms with Gasteiger partial charge in [-0.3, -0.25) is 34.0 Å². The molecule has 1 aromatic heterocycles. The molecule has 0 unspecified atom stereocenters. The third-order valence-electron chi connectivity index (χ3n) is 5.16. The fourth-order valence-electron chi connectivity index (χ4n) is 3.64. The molecule has 0 bridgehead atoms. The van der Waals surface area contributed by atoms with Crippen LogP contribution in [0.4, 0.5) is 5.82 Å². The maximum absolute atomic E-state index is 12.8. The lowest BCUT2D eigenvalue weighted by Gasteiger charge is -2.26. The van der Waals surface area contributed by atoms with Crippen LogP contribution in [-0.2, 0) is 4.74 Å². The van der Waals surface area contributed by atoms with Crippen molar-refractivity contribution in [3.63, 3.8) is 0 Å². The van der Waals surface area contributed by atoms with E-state index in [1.54, 1.807) is 24.3 Å². The Morgan fingerprint density at radius 3 is 2.63 bits per heavy atom. The minimum absolute atomic E-state index is 0.0637. The molecule has 1 saturated heterocycles. The Hall–Kier alpha value is -3.50. The molecule has 2 aliphatic heterocycles. The van der Waals surface area contributed by atoms with E-state index in [-0.39, 0.29) is 34.1 Å². The summed E-state index contributed by atoms with van der Waals surface area (Å²) in [5.41, 5.74) is 5.82. The average molecular weight is 411 g/mol. The highest BCUT2D eigenvalue weighted by molar-refractivity contribution is 6.23. The van der Waals surface area contributed by atoms with Gasteiger partial charge in [0.25, 0.3) is 23.3 Å². The van der Waals surface area contributed by atoms with Gasteiger partial charge in [0.2, 0.25) is 0 Å². The molecule has 0 atom stereocenters. The number of amides is 3. The van der Waals surface area contributed by atoms with Crippen LogP contribution < -0.4 is 21.9 Å². The summed E-state index contributed by atoms with van der Waals surface area (Å²) in [5, 5.41) is 4.97. The smallest absolute Gasteiger partial charge is 0.262 e. The number of carbonyl (C=O) groups is 3. The summed E-state index contributed by atoms with van der Waals surface area (Å²) >= 11 is 0. The van der Waals surface area contributed by atoms with E-state index in [1.807, 2.05) is 0 Å². The van der Waals surface area contributed by atoms with Crippen molar-refractivity contribution in [2.24, 2.45) is 0 Å². The molecular weight excluding hydrogens is 390 g/mol. The standard InChI is InChI=1S/C20H21N5O5/c21-17-16-13(19(28)23-20(16)29)11-15(26)25(17)14-4-2-1-3-12(14)18(27)22-5-6-24-7-9-30-10-8-24/h1-4,11H,5-10,21H2,(H,22,27)(H,23,28,29). The number of nitrogens with one attached hydrogen (secondary N) is 2. The van der Waals surface area contributed by atoms with Gasteiger partial charge in [-0.1, -0.05) is 12.1 Å². The van der Waals surface area contributed by atoms with Crippen LogP contribution >= 0.6 is 0 Å². The van der Waals surface area contributed by atoms with Gasteiger partial charge >= 0.3 is 0 Å². The molecule has 0 radical (unpaired) electrons. The zero-order valence-electron chi connectivity index (χ0n) is 16.1. The number of benzene rings is 1. The molecule has 1 aromatic carbocycles. The number of pyridine rings is 1. The highest BCUT2D eigenvalue weighted by Crippen LogP contribution is 2.24. The summed E-state index contributed by atoms with van der Waals surface area (Å²) in [6, 6.07) is 7.52. The van der Waals surface area contributed by atoms with E-state index in [4.69, 9.17) is 10.5 Å². The van der Waals surface area contributed by atoms with Crippen molar-refractivity contribution in [3.8, 4) is 5.69 Å². The summed E-state index contributed by atoms with van der Waals surface area (Å²) in [6.45, 7) is 4.09. The summed E-state index contributed by atoms with van der Waals surface area (Å²) in [6.07, 6.45) is 0. The molecule has 0 aliphatic carbocycles. The number of imide groups is 1. The lowest BCUT2D eigenvalue weighted by Crippen LogP contribution is -2.41. The number of morpholine rings is 1. The Morgan fingerprint density at radius 1 is 1.13 bits per heavy atom. The number of hydrogen-bond acceptors (Lipinski definition) is 7. The van der Waals surface area contributed by atoms with Crippen LogP contribution in [-0.4, -0.2) is 66.6 Å². The maximum Gasteiger partial charge on any atom is 0.262 e. The zero-order valence-corrected chi connectivity index (χ0v) is 16.1. The number of hydrogen-bond donors (Lipinski definition) is 3. The quantitative estimate of drug-likeness (QED) is 0.557. The normalized spacial score (nSPS) is 16.3. The van der Waals surface area contributed by atoms with Gasteiger partial charge in [-0.15, -0.1) is 0 Å². The number of nitrogens with two attached hydrogens (primary N) is 1. The molecule has 10 nitrogen and oxygen atoms in total. The van der Waals surface area contributed by atoms with Crippen LogP contribution in [0.2, 0.25) is 0 Å². The first-order valence-electron chi connectivity index (χ1n) is 9.56. The van der Waals surface area contributed by atoms with Crippen molar-refractivity contribution in [1.82, 2.24) is 20.1 Å². The molecule has 2 aromatic rings. The average Bonchev–Trinajstić information content (AvgIpc) is 3.02. The Balaban J connectivity index is 1.62. The predicted molar refractivity (Wildman–Crippen MR) is 108 cm³/mol. The second kappa shape index (κ2) is 8.09. The summed E-state index contributed by atoms with van der Waals surface area (Å²) in [7, 11) is 0. The molecule has 3 amide bonds. The second-order valence-corrected chi connectivity index (χ2v) is 7.00. The molecular formula is C20H21N5O5. The molecule has 1 fully saturated rings. The number of fused-ring (bicyclic) bond motifs is 1. The fraction of sp³-hybridized carbons (Fsp3) is 0.300. The molecule has 4 rings (SSSR count). The van der Waals surface area contributed by atoms with Crippen LogP contribution in [0.1, 0.15) is 31.1 Å². The molecule has 3 heterocycles. The van der Waals surface area contributed by atoms with Crippen molar-refractivity contribution in [3.05, 3.63) is 57.4 Å². The van der Waals surface area contributed by atoms with E-state index in [2.05, 4.69) is 15.5 Å². The Kier molecular flexibility index (Phi) is 5.34. The molecule has 10 heteroatoms. The fourth-order valence-corrected chi connectivity index (χ4v) is 3.64. The molecule has 30 heavy (non-hydrogen) atoms. The highest BCUT2D eigenvalue weighted by atomic mass is 16.5. The van der Waals surface area contributed by atoms with Gasteiger partial charge in [-0.2, -0.15) is 0 Å². The summed E-state index contributed by atoms with van der Waals surface area (Å²) in [5.74, 6) is -1.89. The van der Waals surface area contributed by atoms with Gasteiger partial charge in [0.1, 0.15) is 5.82 Å². The lowest BCUT2D eigenvalue weighted by atomic mass is 10.1. The first-order valence-corrected chi connectivity index (χ1v) is 9.56. The third kappa shape index (κ3) is 3.58. The van der Waals surface area contributed by atoms with Crippen molar-refractivity contribution >= 4 is 23.5 Å². The number of ether oxygens (including phenoxy) is 1. The SMILES string of the molecule is Nc1c2c(cc(=O)n1-c1ccccc1C(=O)NCCN1CCOCC1)C(=O)NC2=O. The van der Waals surface area contributed by atoms with E-state index >= 15 is 0 Å². The number of nitrogen functional groups attached to an aromatic ring is 1. The van der Waals surface area contributed by atoms with E-state index in [1.165, 1.54) is 0 Å². The van der Waals surface area contributed by atoms with Crippen molar-refractivity contribution in [1.29, 1.82) is 0 Å². The van der Waals surface area contributed by atoms with Gasteiger partial charge in [0.05, 0.1) is 35.6 Å². The minimum atomic E-state index is -0.673. The first-order chi connectivity index (χ1) is 14.5. The van der Waals surface area contributed by atoms with Crippen LogP contribution in [0.5, 0.6) is 0 Å². The van der Waals surface area contributed by atoms with Crippen molar-refractivity contribution in [2.75, 3.05) is 45.1 Å². The van der Waals surface area contributed by atoms with E-state index < -0.39 is 17.4 Å². The topological polar surface area (TPSA) is 136 Å². The Morgan fingerprint density at radius 2 is 1.87 bits per heavy atom. The maximum atomic E-state index is 12.8. The zero-order chi connectivity index (χ0) is 21.3. The molecule has 2 aliphatic rings. The Bertz CT molecular complexity index is 1090.